The van der Waals surface area contributed by atoms with Crippen LogP contribution < -0.4 is 15.0 Å². The molecule has 36 heavy (non-hydrogen) atoms. The van der Waals surface area contributed by atoms with Crippen molar-refractivity contribution in [1.82, 2.24) is 20.2 Å². The van der Waals surface area contributed by atoms with E-state index in [9.17, 15) is 4.79 Å². The van der Waals surface area contributed by atoms with Gasteiger partial charge in [-0.3, -0.25) is 4.79 Å². The number of rotatable bonds is 7. The largest absolute Gasteiger partial charge is 0.476 e. The molecule has 0 aliphatic carbocycles. The Morgan fingerprint density at radius 3 is 2.78 bits per heavy atom. The summed E-state index contributed by atoms with van der Waals surface area (Å²) >= 11 is 0. The van der Waals surface area contributed by atoms with Crippen LogP contribution in [0.15, 0.2) is 59.5 Å². The number of nitrogens with zero attached hydrogens (tertiary/aromatic N) is 5. The minimum Gasteiger partial charge on any atom is -0.476 e. The summed E-state index contributed by atoms with van der Waals surface area (Å²) in [7, 11) is 0. The monoisotopic (exact) mass is 486 g/mol. The molecule has 1 fully saturated rings. The van der Waals surface area contributed by atoms with Gasteiger partial charge in [-0.05, 0) is 49.7 Å². The van der Waals surface area contributed by atoms with Gasteiger partial charge in [0, 0.05) is 36.0 Å². The smallest absolute Gasteiger partial charge is 0.256 e. The van der Waals surface area contributed by atoms with Crippen molar-refractivity contribution >= 4 is 17.4 Å². The van der Waals surface area contributed by atoms with E-state index in [1.54, 1.807) is 36.5 Å². The fourth-order valence-corrected chi connectivity index (χ4v) is 4.02. The van der Waals surface area contributed by atoms with Gasteiger partial charge in [0.1, 0.15) is 11.5 Å². The second-order valence-electron chi connectivity index (χ2n) is 8.22. The van der Waals surface area contributed by atoms with Crippen LogP contribution in [0.5, 0.6) is 5.88 Å². The summed E-state index contributed by atoms with van der Waals surface area (Å²) in [6.07, 6.45) is 3.00. The van der Waals surface area contributed by atoms with Crippen molar-refractivity contribution in [2.75, 3.05) is 43.1 Å². The number of hydrogen-bond donors (Lipinski definition) is 1. The summed E-state index contributed by atoms with van der Waals surface area (Å²) in [6.45, 7) is 7.27. The average Bonchev–Trinajstić information content (AvgIpc) is 3.46. The first-order valence-corrected chi connectivity index (χ1v) is 11.7. The van der Waals surface area contributed by atoms with Crippen molar-refractivity contribution in [2.24, 2.45) is 0 Å². The Bertz CT molecular complexity index is 1350. The number of amides is 1. The lowest BCUT2D eigenvalue weighted by molar-refractivity contribution is 0.102. The average molecular weight is 487 g/mol. The van der Waals surface area contributed by atoms with Gasteiger partial charge in [0.2, 0.25) is 18.2 Å². The van der Waals surface area contributed by atoms with Gasteiger partial charge in [0.25, 0.3) is 5.91 Å². The van der Waals surface area contributed by atoms with Crippen molar-refractivity contribution in [3.63, 3.8) is 0 Å². The van der Waals surface area contributed by atoms with Crippen LogP contribution in [-0.4, -0.2) is 59.0 Å². The van der Waals surface area contributed by atoms with Crippen LogP contribution in [0.4, 0.5) is 11.5 Å². The Hall–Kier alpha value is -4.31. The Balaban J connectivity index is 1.42. The normalized spacial score (nSPS) is 13.4. The highest BCUT2D eigenvalue weighted by molar-refractivity contribution is 6.04. The maximum atomic E-state index is 13.0. The van der Waals surface area contributed by atoms with Crippen LogP contribution in [0.3, 0.4) is 0 Å². The minimum atomic E-state index is -0.294. The van der Waals surface area contributed by atoms with E-state index in [4.69, 9.17) is 18.9 Å². The molecular formula is C26H26N6O4. The number of carbonyl (C=O) groups excluding carboxylic acids is 1. The molecule has 1 aromatic carbocycles. The number of nitrogens with one attached hydrogen (secondary N) is 1. The second-order valence-corrected chi connectivity index (χ2v) is 8.22. The van der Waals surface area contributed by atoms with E-state index in [-0.39, 0.29) is 5.91 Å². The van der Waals surface area contributed by atoms with Gasteiger partial charge in [-0.1, -0.05) is 12.1 Å². The van der Waals surface area contributed by atoms with Crippen LogP contribution in [0.25, 0.3) is 22.7 Å². The SMILES string of the molecule is CCOc1ncc(-c2nc(NC(=O)c3cccc(-c4nnco4)c3)ccc2C)cc1N1CCOCC1. The summed E-state index contributed by atoms with van der Waals surface area (Å²) in [4.78, 5) is 24.5. The maximum absolute atomic E-state index is 13.0. The Kier molecular flexibility index (Phi) is 6.85. The van der Waals surface area contributed by atoms with Crippen molar-refractivity contribution in [3.8, 4) is 28.6 Å². The predicted molar refractivity (Wildman–Crippen MR) is 134 cm³/mol. The quantitative estimate of drug-likeness (QED) is 0.414. The molecule has 0 radical (unpaired) electrons. The van der Waals surface area contributed by atoms with E-state index in [0.717, 1.165) is 35.6 Å². The fraction of sp³-hybridized carbons (Fsp3) is 0.269. The van der Waals surface area contributed by atoms with Crippen molar-refractivity contribution in [2.45, 2.75) is 13.8 Å². The highest BCUT2D eigenvalue weighted by Crippen LogP contribution is 2.33. The second kappa shape index (κ2) is 10.5. The third-order valence-corrected chi connectivity index (χ3v) is 5.81. The molecule has 184 valence electrons. The summed E-state index contributed by atoms with van der Waals surface area (Å²) in [6, 6.07) is 12.7. The van der Waals surface area contributed by atoms with Crippen molar-refractivity contribution < 1.29 is 18.7 Å². The molecule has 1 aliphatic rings. The standard InChI is InChI=1S/C26H26N6O4/c1-3-35-26-21(32-9-11-34-12-10-32)14-20(15-27-26)23-17(2)7-8-22(29-23)30-24(33)18-5-4-6-19(13-18)25-31-28-16-36-25/h4-8,13-16H,3,9-12H2,1-2H3,(H,29,30,33). The number of aryl methyl sites for hydroxylation is 1. The van der Waals surface area contributed by atoms with E-state index in [2.05, 4.69) is 25.4 Å². The van der Waals surface area contributed by atoms with Gasteiger partial charge in [0.15, 0.2) is 0 Å². The molecule has 4 heterocycles. The maximum Gasteiger partial charge on any atom is 0.256 e. The molecular weight excluding hydrogens is 460 g/mol. The van der Waals surface area contributed by atoms with E-state index >= 15 is 0 Å². The van der Waals surface area contributed by atoms with Crippen LogP contribution in [0.2, 0.25) is 0 Å². The van der Waals surface area contributed by atoms with Crippen LogP contribution in [0, 0.1) is 6.92 Å². The van der Waals surface area contributed by atoms with Gasteiger partial charge < -0.3 is 24.1 Å². The highest BCUT2D eigenvalue weighted by atomic mass is 16.5. The molecule has 10 nitrogen and oxygen atoms in total. The first-order chi connectivity index (χ1) is 17.6. The van der Waals surface area contributed by atoms with Crippen LogP contribution >= 0.6 is 0 Å². The molecule has 3 aromatic heterocycles. The number of morpholine rings is 1. The van der Waals surface area contributed by atoms with Crippen LogP contribution in [-0.2, 0) is 4.74 Å². The Morgan fingerprint density at radius 1 is 1.14 bits per heavy atom. The van der Waals surface area contributed by atoms with E-state index in [0.29, 0.717) is 48.5 Å². The lowest BCUT2D eigenvalue weighted by atomic mass is 10.1. The number of carbonyl (C=O) groups is 1. The van der Waals surface area contributed by atoms with Gasteiger partial charge in [-0.2, -0.15) is 0 Å². The molecule has 1 N–H and O–H groups in total. The Morgan fingerprint density at radius 2 is 2.00 bits per heavy atom. The number of benzene rings is 1. The third kappa shape index (κ3) is 5.03. The lowest BCUT2D eigenvalue weighted by Crippen LogP contribution is -2.36. The summed E-state index contributed by atoms with van der Waals surface area (Å²) < 4.78 is 16.5. The van der Waals surface area contributed by atoms with Gasteiger partial charge in [-0.15, -0.1) is 10.2 Å². The zero-order valence-electron chi connectivity index (χ0n) is 20.1. The van der Waals surface area contributed by atoms with E-state index in [1.807, 2.05) is 26.0 Å². The molecule has 0 saturated carbocycles. The Labute approximate surface area is 208 Å². The lowest BCUT2D eigenvalue weighted by Gasteiger charge is -2.30. The number of anilines is 2. The van der Waals surface area contributed by atoms with Crippen molar-refractivity contribution in [1.29, 1.82) is 0 Å². The zero-order valence-corrected chi connectivity index (χ0v) is 20.1. The molecule has 1 amide bonds. The van der Waals surface area contributed by atoms with Gasteiger partial charge in [-0.25, -0.2) is 9.97 Å². The summed E-state index contributed by atoms with van der Waals surface area (Å²) in [5.41, 5.74) is 4.56. The first-order valence-electron chi connectivity index (χ1n) is 11.7. The topological polar surface area (TPSA) is 116 Å². The van der Waals surface area contributed by atoms with Gasteiger partial charge >= 0.3 is 0 Å². The minimum absolute atomic E-state index is 0.294. The predicted octanol–water partition coefficient (Wildman–Crippen LogP) is 3.99. The molecule has 10 heteroatoms. The number of pyridine rings is 2. The first kappa shape index (κ1) is 23.4. The van der Waals surface area contributed by atoms with Gasteiger partial charge in [0.05, 0.1) is 25.5 Å². The molecule has 0 unspecified atom stereocenters. The number of aromatic nitrogens is 4. The van der Waals surface area contributed by atoms with E-state index in [1.165, 1.54) is 6.39 Å². The highest BCUT2D eigenvalue weighted by Gasteiger charge is 2.19. The molecule has 4 aromatic rings. The molecule has 0 spiro atoms. The molecule has 1 aliphatic heterocycles. The molecule has 1 saturated heterocycles. The summed E-state index contributed by atoms with van der Waals surface area (Å²) in [5.74, 6) is 1.08. The fourth-order valence-electron chi connectivity index (χ4n) is 4.02. The number of ether oxygens (including phenoxy) is 2. The zero-order chi connectivity index (χ0) is 24.9. The van der Waals surface area contributed by atoms with Crippen LogP contribution in [0.1, 0.15) is 22.8 Å². The molecule has 0 bridgehead atoms. The molecule has 0 atom stereocenters. The third-order valence-electron chi connectivity index (χ3n) is 5.81. The number of hydrogen-bond acceptors (Lipinski definition) is 9. The molecule has 5 rings (SSSR count). The van der Waals surface area contributed by atoms with E-state index < -0.39 is 0 Å². The summed E-state index contributed by atoms with van der Waals surface area (Å²) in [5, 5.41) is 10.5. The van der Waals surface area contributed by atoms with Crippen molar-refractivity contribution in [3.05, 3.63) is 66.2 Å².